The molecule has 0 aliphatic carbocycles. The van der Waals surface area contributed by atoms with E-state index in [2.05, 4.69) is 20.4 Å². The molecule has 0 saturated carbocycles. The average Bonchev–Trinajstić information content (AvgIpc) is 2.90. The Hall–Kier alpha value is -1.88. The molecule has 1 saturated heterocycles. The molecule has 0 unspecified atom stereocenters. The first-order valence-electron chi connectivity index (χ1n) is 5.78. The van der Waals surface area contributed by atoms with Crippen molar-refractivity contribution in [1.82, 2.24) is 15.5 Å². The molecular weight excluding hydrogens is 216 g/mol. The van der Waals surface area contributed by atoms with Crippen LogP contribution in [0.5, 0.6) is 0 Å². The van der Waals surface area contributed by atoms with Crippen LogP contribution in [0.3, 0.4) is 0 Å². The molecule has 1 aliphatic heterocycles. The SMILES string of the molecule is c1ccc(-c2nnc(N3CCNCC3)o2)cc1. The van der Waals surface area contributed by atoms with Gasteiger partial charge in [-0.1, -0.05) is 23.3 Å². The minimum absolute atomic E-state index is 0.583. The van der Waals surface area contributed by atoms with Gasteiger partial charge < -0.3 is 14.6 Å². The summed E-state index contributed by atoms with van der Waals surface area (Å²) in [5.41, 5.74) is 0.960. The Kier molecular flexibility index (Phi) is 2.75. The van der Waals surface area contributed by atoms with Gasteiger partial charge in [0.15, 0.2) is 0 Å². The maximum absolute atomic E-state index is 5.69. The Morgan fingerprint density at radius 2 is 1.82 bits per heavy atom. The van der Waals surface area contributed by atoms with Gasteiger partial charge in [0, 0.05) is 31.7 Å². The highest BCUT2D eigenvalue weighted by Gasteiger charge is 2.17. The van der Waals surface area contributed by atoms with Gasteiger partial charge in [-0.3, -0.25) is 0 Å². The van der Waals surface area contributed by atoms with Crippen LogP contribution in [0.1, 0.15) is 0 Å². The van der Waals surface area contributed by atoms with Crippen LogP contribution in [0, 0.1) is 0 Å². The molecule has 5 heteroatoms. The summed E-state index contributed by atoms with van der Waals surface area (Å²) in [7, 11) is 0. The molecule has 1 fully saturated rings. The zero-order valence-corrected chi connectivity index (χ0v) is 9.47. The highest BCUT2D eigenvalue weighted by atomic mass is 16.4. The van der Waals surface area contributed by atoms with Crippen molar-refractivity contribution in [2.75, 3.05) is 31.1 Å². The molecule has 3 rings (SSSR count). The molecule has 2 heterocycles. The Bertz CT molecular complexity index is 476. The molecule has 0 atom stereocenters. The van der Waals surface area contributed by atoms with Crippen LogP contribution in [0.4, 0.5) is 6.01 Å². The van der Waals surface area contributed by atoms with Gasteiger partial charge >= 0.3 is 6.01 Å². The lowest BCUT2D eigenvalue weighted by Gasteiger charge is -2.24. The highest BCUT2D eigenvalue weighted by molar-refractivity contribution is 5.53. The van der Waals surface area contributed by atoms with Crippen molar-refractivity contribution in [3.05, 3.63) is 30.3 Å². The predicted octanol–water partition coefficient (Wildman–Crippen LogP) is 1.15. The lowest BCUT2D eigenvalue weighted by molar-refractivity contribution is 0.505. The smallest absolute Gasteiger partial charge is 0.318 e. The van der Waals surface area contributed by atoms with E-state index in [1.165, 1.54) is 0 Å². The van der Waals surface area contributed by atoms with Gasteiger partial charge in [0.2, 0.25) is 5.89 Å². The largest absolute Gasteiger partial charge is 0.403 e. The van der Waals surface area contributed by atoms with E-state index in [9.17, 15) is 0 Å². The fraction of sp³-hybridized carbons (Fsp3) is 0.333. The van der Waals surface area contributed by atoms with Gasteiger partial charge in [-0.15, -0.1) is 5.10 Å². The van der Waals surface area contributed by atoms with Crippen molar-refractivity contribution >= 4 is 6.01 Å². The zero-order chi connectivity index (χ0) is 11.5. The number of nitrogens with one attached hydrogen (secondary N) is 1. The molecule has 2 aromatic rings. The van der Waals surface area contributed by atoms with E-state index < -0.39 is 0 Å². The van der Waals surface area contributed by atoms with Crippen molar-refractivity contribution < 1.29 is 4.42 Å². The van der Waals surface area contributed by atoms with Crippen molar-refractivity contribution in [3.8, 4) is 11.5 Å². The maximum Gasteiger partial charge on any atom is 0.318 e. The molecule has 17 heavy (non-hydrogen) atoms. The molecule has 1 aliphatic rings. The lowest BCUT2D eigenvalue weighted by atomic mass is 10.2. The van der Waals surface area contributed by atoms with Crippen molar-refractivity contribution in [1.29, 1.82) is 0 Å². The summed E-state index contributed by atoms with van der Waals surface area (Å²) < 4.78 is 5.69. The number of hydrogen-bond donors (Lipinski definition) is 1. The second-order valence-corrected chi connectivity index (χ2v) is 3.99. The van der Waals surface area contributed by atoms with Gasteiger partial charge in [0.1, 0.15) is 0 Å². The summed E-state index contributed by atoms with van der Waals surface area (Å²) in [5.74, 6) is 0.583. The molecule has 0 radical (unpaired) electrons. The van der Waals surface area contributed by atoms with Crippen molar-refractivity contribution in [3.63, 3.8) is 0 Å². The number of rotatable bonds is 2. The summed E-state index contributed by atoms with van der Waals surface area (Å²) in [5, 5.41) is 11.5. The monoisotopic (exact) mass is 230 g/mol. The van der Waals surface area contributed by atoms with Crippen LogP contribution < -0.4 is 10.2 Å². The van der Waals surface area contributed by atoms with E-state index in [0.29, 0.717) is 11.9 Å². The second-order valence-electron chi connectivity index (χ2n) is 3.99. The zero-order valence-electron chi connectivity index (χ0n) is 9.47. The van der Waals surface area contributed by atoms with Crippen molar-refractivity contribution in [2.45, 2.75) is 0 Å². The average molecular weight is 230 g/mol. The first kappa shape index (κ1) is 10.3. The molecule has 1 aromatic heterocycles. The second kappa shape index (κ2) is 4.55. The minimum Gasteiger partial charge on any atom is -0.403 e. The Morgan fingerprint density at radius 1 is 1.06 bits per heavy atom. The van der Waals surface area contributed by atoms with Crippen molar-refractivity contribution in [2.24, 2.45) is 0 Å². The maximum atomic E-state index is 5.69. The Labute approximate surface area is 99.5 Å². The van der Waals surface area contributed by atoms with Crippen LogP contribution in [0.2, 0.25) is 0 Å². The van der Waals surface area contributed by atoms with Gasteiger partial charge in [-0.25, -0.2) is 0 Å². The number of hydrogen-bond acceptors (Lipinski definition) is 5. The fourth-order valence-electron chi connectivity index (χ4n) is 1.90. The summed E-state index contributed by atoms with van der Waals surface area (Å²) in [6.45, 7) is 3.75. The third-order valence-corrected chi connectivity index (χ3v) is 2.82. The topological polar surface area (TPSA) is 54.2 Å². The third-order valence-electron chi connectivity index (χ3n) is 2.82. The van der Waals surface area contributed by atoms with E-state index in [4.69, 9.17) is 4.42 Å². The van der Waals surface area contributed by atoms with Gasteiger partial charge in [-0.05, 0) is 12.1 Å². The first-order chi connectivity index (χ1) is 8.43. The summed E-state index contributed by atoms with van der Waals surface area (Å²) >= 11 is 0. The first-order valence-corrected chi connectivity index (χ1v) is 5.78. The van der Waals surface area contributed by atoms with E-state index in [0.717, 1.165) is 31.7 Å². The number of anilines is 1. The van der Waals surface area contributed by atoms with Gasteiger partial charge in [-0.2, -0.15) is 0 Å². The van der Waals surface area contributed by atoms with Gasteiger partial charge in [0.05, 0.1) is 0 Å². The van der Waals surface area contributed by atoms with E-state index >= 15 is 0 Å². The molecule has 0 spiro atoms. The molecular formula is C12H14N4O. The molecule has 0 bridgehead atoms. The predicted molar refractivity (Wildman–Crippen MR) is 64.8 cm³/mol. The molecule has 0 amide bonds. The molecule has 5 nitrogen and oxygen atoms in total. The Morgan fingerprint density at radius 3 is 2.59 bits per heavy atom. The third kappa shape index (κ3) is 2.14. The van der Waals surface area contributed by atoms with Crippen LogP contribution in [-0.2, 0) is 0 Å². The van der Waals surface area contributed by atoms with Crippen LogP contribution in [0.15, 0.2) is 34.7 Å². The normalized spacial score (nSPS) is 16.1. The number of piperazine rings is 1. The van der Waals surface area contributed by atoms with Crippen LogP contribution in [-0.4, -0.2) is 36.4 Å². The summed E-state index contributed by atoms with van der Waals surface area (Å²) in [4.78, 5) is 2.11. The number of aromatic nitrogens is 2. The van der Waals surface area contributed by atoms with Crippen LogP contribution >= 0.6 is 0 Å². The van der Waals surface area contributed by atoms with Gasteiger partial charge in [0.25, 0.3) is 0 Å². The Balaban J connectivity index is 1.83. The number of benzene rings is 1. The summed E-state index contributed by atoms with van der Waals surface area (Å²) in [6.07, 6.45) is 0. The highest BCUT2D eigenvalue weighted by Crippen LogP contribution is 2.21. The van der Waals surface area contributed by atoms with Crippen LogP contribution in [0.25, 0.3) is 11.5 Å². The quantitative estimate of drug-likeness (QED) is 0.838. The lowest BCUT2D eigenvalue weighted by Crippen LogP contribution is -2.43. The summed E-state index contributed by atoms with van der Waals surface area (Å²) in [6, 6.07) is 10.4. The standard InChI is InChI=1S/C12H14N4O/c1-2-4-10(5-3-1)11-14-15-12(17-11)16-8-6-13-7-9-16/h1-5,13H,6-9H2. The fourth-order valence-corrected chi connectivity index (χ4v) is 1.90. The minimum atomic E-state index is 0.583. The number of nitrogens with zero attached hydrogens (tertiary/aromatic N) is 3. The molecule has 88 valence electrons. The van der Waals surface area contributed by atoms with E-state index in [-0.39, 0.29) is 0 Å². The van der Waals surface area contributed by atoms with E-state index in [1.807, 2.05) is 30.3 Å². The van der Waals surface area contributed by atoms with E-state index in [1.54, 1.807) is 0 Å². The molecule has 1 aromatic carbocycles. The molecule has 1 N–H and O–H groups in total.